The number of hydrogen-bond acceptors (Lipinski definition) is 5. The van der Waals surface area contributed by atoms with Crippen LogP contribution in [-0.4, -0.2) is 19.8 Å². The van der Waals surface area contributed by atoms with Crippen molar-refractivity contribution < 1.29 is 23.7 Å². The summed E-state index contributed by atoms with van der Waals surface area (Å²) in [5.41, 5.74) is 3.17. The van der Waals surface area contributed by atoms with Crippen LogP contribution in [-0.2, 0) is 18.0 Å². The molecule has 1 saturated heterocycles. The fraction of sp³-hybridized carbons (Fsp3) is 0.200. The van der Waals surface area contributed by atoms with Gasteiger partial charge in [-0.25, -0.2) is 0 Å². The first-order valence-electron chi connectivity index (χ1n) is 11.7. The van der Waals surface area contributed by atoms with E-state index < -0.39 is 0 Å². The van der Waals surface area contributed by atoms with Crippen LogP contribution >= 0.6 is 0 Å². The Morgan fingerprint density at radius 1 is 0.686 bits per heavy atom. The van der Waals surface area contributed by atoms with Crippen molar-refractivity contribution in [3.8, 4) is 23.0 Å². The second-order valence-corrected chi connectivity index (χ2v) is 8.38. The van der Waals surface area contributed by atoms with Crippen molar-refractivity contribution in [1.82, 2.24) is 0 Å². The van der Waals surface area contributed by atoms with Gasteiger partial charge in [-0.15, -0.1) is 0 Å². The van der Waals surface area contributed by atoms with Gasteiger partial charge in [0, 0.05) is 18.2 Å². The van der Waals surface area contributed by atoms with Crippen LogP contribution in [0, 0.1) is 0 Å². The zero-order valence-electron chi connectivity index (χ0n) is 19.6. The monoisotopic (exact) mass is 468 g/mol. The Morgan fingerprint density at radius 3 is 1.80 bits per heavy atom. The molecule has 1 heterocycles. The predicted octanol–water partition coefficient (Wildman–Crippen LogP) is 6.37. The van der Waals surface area contributed by atoms with Crippen LogP contribution in [0.4, 0.5) is 0 Å². The summed E-state index contributed by atoms with van der Waals surface area (Å²) in [5, 5.41) is 0. The third kappa shape index (κ3) is 6.34. The highest BCUT2D eigenvalue weighted by Gasteiger charge is 2.36. The van der Waals surface area contributed by atoms with Crippen LogP contribution in [0.3, 0.4) is 0 Å². The largest absolute Gasteiger partial charge is 0.497 e. The van der Waals surface area contributed by atoms with Crippen molar-refractivity contribution in [1.29, 1.82) is 0 Å². The predicted molar refractivity (Wildman–Crippen MR) is 134 cm³/mol. The molecule has 0 spiro atoms. The molecular formula is C30H28O5. The van der Waals surface area contributed by atoms with Crippen molar-refractivity contribution in [3.05, 3.63) is 120 Å². The normalized spacial score (nSPS) is 15.2. The lowest BCUT2D eigenvalue weighted by Crippen LogP contribution is -2.14. The van der Waals surface area contributed by atoms with Crippen molar-refractivity contribution in [3.63, 3.8) is 0 Å². The molecule has 1 fully saturated rings. The number of hydrogen-bond donors (Lipinski definition) is 0. The maximum absolute atomic E-state index is 6.47. The summed E-state index contributed by atoms with van der Waals surface area (Å²) in [6.45, 7) is 1.56. The van der Waals surface area contributed by atoms with Crippen LogP contribution in [0.1, 0.15) is 22.8 Å². The SMILES string of the molecule is COc1cccc([C@@H](Oc2cc(OCc3ccccc3)cc(OCc3ccccc3)c2)[C@@H]2CO2)c1. The zero-order chi connectivity index (χ0) is 23.9. The summed E-state index contributed by atoms with van der Waals surface area (Å²) < 4.78 is 29.7. The minimum atomic E-state index is -0.267. The first-order valence-corrected chi connectivity index (χ1v) is 11.7. The molecule has 0 bridgehead atoms. The average molecular weight is 469 g/mol. The molecule has 1 aliphatic heterocycles. The van der Waals surface area contributed by atoms with Gasteiger partial charge in [-0.05, 0) is 28.8 Å². The van der Waals surface area contributed by atoms with E-state index in [9.17, 15) is 0 Å². The third-order valence-corrected chi connectivity index (χ3v) is 5.73. The van der Waals surface area contributed by atoms with E-state index in [0.717, 1.165) is 22.4 Å². The summed E-state index contributed by atoms with van der Waals surface area (Å²) in [4.78, 5) is 0. The Labute approximate surface area is 205 Å². The minimum absolute atomic E-state index is 0.00955. The average Bonchev–Trinajstić information content (AvgIpc) is 3.76. The van der Waals surface area contributed by atoms with Gasteiger partial charge in [-0.2, -0.15) is 0 Å². The zero-order valence-corrected chi connectivity index (χ0v) is 19.6. The van der Waals surface area contributed by atoms with Gasteiger partial charge in [0.1, 0.15) is 42.3 Å². The lowest BCUT2D eigenvalue weighted by molar-refractivity contribution is 0.159. The highest BCUT2D eigenvalue weighted by Crippen LogP contribution is 2.37. The maximum Gasteiger partial charge on any atom is 0.152 e. The highest BCUT2D eigenvalue weighted by atomic mass is 16.6. The standard InChI is InChI=1S/C30H28O5/c1-31-25-14-8-13-24(15-25)30(29-21-34-29)35-28-17-26(32-19-22-9-4-2-5-10-22)16-27(18-28)33-20-23-11-6-3-7-12-23/h2-18,29-30H,19-21H2,1H3/t29-,30+/m0/s1. The van der Waals surface area contributed by atoms with Crippen molar-refractivity contribution in [2.45, 2.75) is 25.4 Å². The molecule has 2 atom stereocenters. The molecule has 5 nitrogen and oxygen atoms in total. The Balaban J connectivity index is 1.38. The van der Waals surface area contributed by atoms with Crippen LogP contribution < -0.4 is 18.9 Å². The molecule has 4 aromatic rings. The summed E-state index contributed by atoms with van der Waals surface area (Å²) in [6.07, 6.45) is -0.277. The quantitative estimate of drug-likeness (QED) is 0.239. The van der Waals surface area contributed by atoms with E-state index in [1.54, 1.807) is 7.11 Å². The Hall–Kier alpha value is -3.96. The molecule has 0 saturated carbocycles. The second kappa shape index (κ2) is 11.0. The fourth-order valence-corrected chi connectivity index (χ4v) is 3.82. The number of benzene rings is 4. The number of ether oxygens (including phenoxy) is 5. The van der Waals surface area contributed by atoms with E-state index >= 15 is 0 Å². The van der Waals surface area contributed by atoms with Crippen molar-refractivity contribution in [2.24, 2.45) is 0 Å². The molecule has 4 aromatic carbocycles. The van der Waals surface area contributed by atoms with E-state index in [4.69, 9.17) is 23.7 Å². The van der Waals surface area contributed by atoms with Gasteiger partial charge in [-0.3, -0.25) is 0 Å². The van der Waals surface area contributed by atoms with Gasteiger partial charge < -0.3 is 23.7 Å². The first-order chi connectivity index (χ1) is 17.3. The highest BCUT2D eigenvalue weighted by molar-refractivity contribution is 5.43. The molecule has 35 heavy (non-hydrogen) atoms. The van der Waals surface area contributed by atoms with Crippen molar-refractivity contribution >= 4 is 0 Å². The van der Waals surface area contributed by atoms with E-state index in [1.165, 1.54) is 0 Å². The summed E-state index contributed by atoms with van der Waals surface area (Å²) >= 11 is 0. The first kappa shape index (κ1) is 22.8. The molecule has 0 aliphatic carbocycles. The number of methoxy groups -OCH3 is 1. The van der Waals surface area contributed by atoms with Crippen LogP contribution in [0.25, 0.3) is 0 Å². The Morgan fingerprint density at radius 2 is 1.26 bits per heavy atom. The van der Waals surface area contributed by atoms with Crippen LogP contribution in [0.2, 0.25) is 0 Å². The lowest BCUT2D eigenvalue weighted by Gasteiger charge is -2.20. The fourth-order valence-electron chi connectivity index (χ4n) is 3.82. The third-order valence-electron chi connectivity index (χ3n) is 5.73. The van der Waals surface area contributed by atoms with Crippen LogP contribution in [0.15, 0.2) is 103 Å². The van der Waals surface area contributed by atoms with Crippen molar-refractivity contribution in [2.75, 3.05) is 13.7 Å². The van der Waals surface area contributed by atoms with E-state index in [1.807, 2.05) is 103 Å². The molecule has 0 amide bonds. The smallest absolute Gasteiger partial charge is 0.152 e. The molecule has 178 valence electrons. The molecule has 5 rings (SSSR count). The molecular weight excluding hydrogens is 440 g/mol. The van der Waals surface area contributed by atoms with Gasteiger partial charge in [-0.1, -0.05) is 72.8 Å². The Kier molecular flexibility index (Phi) is 7.16. The van der Waals surface area contributed by atoms with E-state index in [0.29, 0.717) is 37.1 Å². The lowest BCUT2D eigenvalue weighted by atomic mass is 10.1. The van der Waals surface area contributed by atoms with Gasteiger partial charge >= 0.3 is 0 Å². The topological polar surface area (TPSA) is 49.5 Å². The minimum Gasteiger partial charge on any atom is -0.497 e. The number of rotatable bonds is 11. The van der Waals surface area contributed by atoms with Crippen LogP contribution in [0.5, 0.6) is 23.0 Å². The molecule has 5 heteroatoms. The second-order valence-electron chi connectivity index (χ2n) is 8.38. The molecule has 0 N–H and O–H groups in total. The van der Waals surface area contributed by atoms with Gasteiger partial charge in [0.15, 0.2) is 6.10 Å². The van der Waals surface area contributed by atoms with E-state index in [-0.39, 0.29) is 12.2 Å². The van der Waals surface area contributed by atoms with E-state index in [2.05, 4.69) is 0 Å². The van der Waals surface area contributed by atoms with Gasteiger partial charge in [0.05, 0.1) is 13.7 Å². The molecule has 0 unspecified atom stereocenters. The van der Waals surface area contributed by atoms with Gasteiger partial charge in [0.2, 0.25) is 0 Å². The summed E-state index contributed by atoms with van der Waals surface area (Å²) in [7, 11) is 1.66. The summed E-state index contributed by atoms with van der Waals surface area (Å²) in [6, 6.07) is 33.7. The Bertz CT molecular complexity index is 1160. The summed E-state index contributed by atoms with van der Waals surface area (Å²) in [5.74, 6) is 2.79. The molecule has 0 aromatic heterocycles. The molecule has 1 aliphatic rings. The number of epoxide rings is 1. The van der Waals surface area contributed by atoms with Gasteiger partial charge in [0.25, 0.3) is 0 Å². The molecule has 0 radical (unpaired) electrons. The maximum atomic E-state index is 6.47.